The molecule has 2 aromatic rings. The molecular formula is C15H16N2O2. The number of rotatable bonds is 3. The van der Waals surface area contributed by atoms with Crippen LogP contribution in [0.4, 0.5) is 0 Å². The zero-order valence-corrected chi connectivity index (χ0v) is 10.9. The Labute approximate surface area is 111 Å². The lowest BCUT2D eigenvalue weighted by Crippen LogP contribution is -2.15. The van der Waals surface area contributed by atoms with Gasteiger partial charge in [0.1, 0.15) is 5.82 Å². The third-order valence-electron chi connectivity index (χ3n) is 3.48. The number of nitrogens with zero attached hydrogens (tertiary/aromatic N) is 1. The van der Waals surface area contributed by atoms with Crippen LogP contribution in [0.15, 0.2) is 29.1 Å². The molecule has 0 spiro atoms. The first-order valence-electron chi connectivity index (χ1n) is 6.48. The molecule has 1 N–H and O–H groups in total. The first kappa shape index (κ1) is 12.1. The van der Waals surface area contributed by atoms with Crippen molar-refractivity contribution in [3.63, 3.8) is 0 Å². The highest BCUT2D eigenvalue weighted by Gasteiger charge is 2.17. The zero-order valence-electron chi connectivity index (χ0n) is 10.9. The van der Waals surface area contributed by atoms with Crippen LogP contribution in [0.1, 0.15) is 23.2 Å². The second-order valence-corrected chi connectivity index (χ2v) is 4.82. The largest absolute Gasteiger partial charge is 0.380 e. The Hall–Kier alpha value is -1.94. The van der Waals surface area contributed by atoms with Gasteiger partial charge in [0.05, 0.1) is 12.3 Å². The number of methoxy groups -OCH3 is 1. The van der Waals surface area contributed by atoms with E-state index in [1.54, 1.807) is 7.11 Å². The van der Waals surface area contributed by atoms with Crippen molar-refractivity contribution >= 4 is 0 Å². The van der Waals surface area contributed by atoms with Gasteiger partial charge in [0.2, 0.25) is 0 Å². The summed E-state index contributed by atoms with van der Waals surface area (Å²) < 4.78 is 5.08. The van der Waals surface area contributed by atoms with Crippen molar-refractivity contribution in [1.29, 1.82) is 0 Å². The number of aromatic amines is 1. The summed E-state index contributed by atoms with van der Waals surface area (Å²) in [4.78, 5) is 19.4. The average molecular weight is 256 g/mol. The highest BCUT2D eigenvalue weighted by molar-refractivity contribution is 5.55. The summed E-state index contributed by atoms with van der Waals surface area (Å²) in [5.74, 6) is 0.662. The van der Waals surface area contributed by atoms with Gasteiger partial charge in [-0.2, -0.15) is 0 Å². The number of aryl methyl sites for hydroxylation is 1. The van der Waals surface area contributed by atoms with Crippen molar-refractivity contribution in [3.8, 4) is 11.4 Å². The Morgan fingerprint density at radius 1 is 1.26 bits per heavy atom. The molecule has 3 rings (SSSR count). The fourth-order valence-corrected chi connectivity index (χ4v) is 2.50. The molecule has 1 aliphatic rings. The van der Waals surface area contributed by atoms with E-state index in [1.165, 1.54) is 0 Å². The third-order valence-corrected chi connectivity index (χ3v) is 3.48. The minimum absolute atomic E-state index is 0.0125. The molecule has 0 radical (unpaired) electrons. The van der Waals surface area contributed by atoms with E-state index in [9.17, 15) is 4.79 Å². The lowest BCUT2D eigenvalue weighted by molar-refractivity contribution is 0.185. The van der Waals surface area contributed by atoms with Crippen molar-refractivity contribution in [1.82, 2.24) is 9.97 Å². The van der Waals surface area contributed by atoms with E-state index < -0.39 is 0 Å². The number of ether oxygens (including phenoxy) is 1. The topological polar surface area (TPSA) is 55.0 Å². The van der Waals surface area contributed by atoms with E-state index in [0.29, 0.717) is 12.4 Å². The molecular weight excluding hydrogens is 240 g/mol. The molecule has 98 valence electrons. The quantitative estimate of drug-likeness (QED) is 0.914. The van der Waals surface area contributed by atoms with Crippen LogP contribution >= 0.6 is 0 Å². The number of H-pyrrole nitrogens is 1. The van der Waals surface area contributed by atoms with Gasteiger partial charge in [0.25, 0.3) is 5.56 Å². The number of aromatic nitrogens is 2. The van der Waals surface area contributed by atoms with E-state index in [0.717, 1.165) is 41.6 Å². The number of benzene rings is 1. The molecule has 0 saturated heterocycles. The predicted octanol–water partition coefficient (Wildman–Crippen LogP) is 2.07. The van der Waals surface area contributed by atoms with E-state index in [2.05, 4.69) is 9.97 Å². The van der Waals surface area contributed by atoms with E-state index in [1.807, 2.05) is 24.3 Å². The van der Waals surface area contributed by atoms with E-state index >= 15 is 0 Å². The Morgan fingerprint density at radius 2 is 2.05 bits per heavy atom. The molecule has 4 heteroatoms. The number of fused-ring (bicyclic) bond motifs is 1. The fourth-order valence-electron chi connectivity index (χ4n) is 2.50. The van der Waals surface area contributed by atoms with Crippen LogP contribution in [0.25, 0.3) is 11.4 Å². The van der Waals surface area contributed by atoms with E-state index in [4.69, 9.17) is 4.74 Å². The summed E-state index contributed by atoms with van der Waals surface area (Å²) in [7, 11) is 1.67. The van der Waals surface area contributed by atoms with Crippen molar-refractivity contribution in [2.45, 2.75) is 25.9 Å². The monoisotopic (exact) mass is 256 g/mol. The molecule has 0 saturated carbocycles. The van der Waals surface area contributed by atoms with Crippen molar-refractivity contribution in [3.05, 3.63) is 51.4 Å². The number of hydrogen-bond donors (Lipinski definition) is 1. The number of nitrogens with one attached hydrogen (secondary N) is 1. The Kier molecular flexibility index (Phi) is 3.17. The lowest BCUT2D eigenvalue weighted by atomic mass is 10.1. The van der Waals surface area contributed by atoms with Gasteiger partial charge >= 0.3 is 0 Å². The van der Waals surface area contributed by atoms with Gasteiger partial charge < -0.3 is 9.72 Å². The normalized spacial score (nSPS) is 13.5. The molecule has 1 heterocycles. The first-order chi connectivity index (χ1) is 9.28. The second kappa shape index (κ2) is 4.97. The van der Waals surface area contributed by atoms with Crippen LogP contribution in [-0.4, -0.2) is 17.1 Å². The van der Waals surface area contributed by atoms with Gasteiger partial charge in [-0.25, -0.2) is 4.98 Å². The van der Waals surface area contributed by atoms with Crippen LogP contribution in [-0.2, 0) is 24.2 Å². The summed E-state index contributed by atoms with van der Waals surface area (Å²) in [5.41, 5.74) is 3.87. The Balaban J connectivity index is 1.98. The highest BCUT2D eigenvalue weighted by Crippen LogP contribution is 2.20. The van der Waals surface area contributed by atoms with Crippen molar-refractivity contribution in [2.75, 3.05) is 7.11 Å². The fraction of sp³-hybridized carbons (Fsp3) is 0.333. The van der Waals surface area contributed by atoms with Crippen LogP contribution in [0, 0.1) is 0 Å². The summed E-state index contributed by atoms with van der Waals surface area (Å²) in [6.07, 6.45) is 2.79. The zero-order chi connectivity index (χ0) is 13.2. The molecule has 0 fully saturated rings. The minimum Gasteiger partial charge on any atom is -0.380 e. The van der Waals surface area contributed by atoms with Gasteiger partial charge in [0.15, 0.2) is 0 Å². The van der Waals surface area contributed by atoms with Gasteiger partial charge in [-0.3, -0.25) is 4.79 Å². The number of hydrogen-bond acceptors (Lipinski definition) is 3. The maximum absolute atomic E-state index is 12.0. The standard InChI is InChI=1S/C15H16N2O2/c1-19-9-10-5-7-11(8-6-10)14-16-13-4-2-3-12(13)15(18)17-14/h5-8H,2-4,9H2,1H3,(H,16,17,18). The molecule has 0 atom stereocenters. The molecule has 0 unspecified atom stereocenters. The van der Waals surface area contributed by atoms with Gasteiger partial charge in [-0.15, -0.1) is 0 Å². The molecule has 1 aromatic heterocycles. The van der Waals surface area contributed by atoms with Crippen LogP contribution in [0.5, 0.6) is 0 Å². The smallest absolute Gasteiger partial charge is 0.254 e. The molecule has 0 aliphatic heterocycles. The van der Waals surface area contributed by atoms with Crippen molar-refractivity contribution in [2.24, 2.45) is 0 Å². The lowest BCUT2D eigenvalue weighted by Gasteiger charge is -2.05. The molecule has 19 heavy (non-hydrogen) atoms. The predicted molar refractivity (Wildman–Crippen MR) is 73.0 cm³/mol. The second-order valence-electron chi connectivity index (χ2n) is 4.82. The maximum Gasteiger partial charge on any atom is 0.254 e. The highest BCUT2D eigenvalue weighted by atomic mass is 16.5. The molecule has 1 aliphatic carbocycles. The van der Waals surface area contributed by atoms with Gasteiger partial charge in [-0.1, -0.05) is 24.3 Å². The van der Waals surface area contributed by atoms with Crippen LogP contribution in [0.2, 0.25) is 0 Å². The van der Waals surface area contributed by atoms with Gasteiger partial charge in [0, 0.05) is 18.2 Å². The SMILES string of the molecule is COCc1ccc(-c2nc3c(c(=O)[nH]2)CCC3)cc1. The summed E-state index contributed by atoms with van der Waals surface area (Å²) in [6.45, 7) is 0.592. The van der Waals surface area contributed by atoms with Crippen LogP contribution < -0.4 is 5.56 Å². The molecule has 0 bridgehead atoms. The summed E-state index contributed by atoms with van der Waals surface area (Å²) in [6, 6.07) is 7.92. The van der Waals surface area contributed by atoms with Crippen LogP contribution in [0.3, 0.4) is 0 Å². The Bertz CT molecular complexity index is 644. The molecule has 1 aromatic carbocycles. The summed E-state index contributed by atoms with van der Waals surface area (Å²) in [5, 5.41) is 0. The van der Waals surface area contributed by atoms with Gasteiger partial charge in [-0.05, 0) is 24.8 Å². The van der Waals surface area contributed by atoms with E-state index in [-0.39, 0.29) is 5.56 Å². The summed E-state index contributed by atoms with van der Waals surface area (Å²) >= 11 is 0. The third kappa shape index (κ3) is 2.31. The minimum atomic E-state index is 0.0125. The first-order valence-corrected chi connectivity index (χ1v) is 6.48. The van der Waals surface area contributed by atoms with Crippen molar-refractivity contribution < 1.29 is 4.74 Å². The molecule has 0 amide bonds. The maximum atomic E-state index is 12.0. The Morgan fingerprint density at radius 3 is 2.79 bits per heavy atom. The average Bonchev–Trinajstić information content (AvgIpc) is 2.89. The molecule has 4 nitrogen and oxygen atoms in total.